The summed E-state index contributed by atoms with van der Waals surface area (Å²) in [5, 5.41) is 10.9. The van der Waals surface area contributed by atoms with Crippen LogP contribution < -0.4 is 14.4 Å². The van der Waals surface area contributed by atoms with Crippen molar-refractivity contribution in [3.05, 3.63) is 71.6 Å². The topological polar surface area (TPSA) is 63.0 Å². The largest absolute Gasteiger partial charge is 0.497 e. The summed E-state index contributed by atoms with van der Waals surface area (Å²) in [4.78, 5) is 8.57. The van der Waals surface area contributed by atoms with Crippen molar-refractivity contribution in [1.29, 1.82) is 0 Å². The van der Waals surface area contributed by atoms with Gasteiger partial charge in [0, 0.05) is 69.4 Å². The van der Waals surface area contributed by atoms with Gasteiger partial charge in [0.2, 0.25) is 0 Å². The van der Waals surface area contributed by atoms with Crippen LogP contribution in [0, 0.1) is 5.82 Å². The molecule has 0 saturated carbocycles. The van der Waals surface area contributed by atoms with E-state index in [1.54, 1.807) is 43.3 Å². The Hall–Kier alpha value is -3.10. The van der Waals surface area contributed by atoms with Crippen LogP contribution in [-0.2, 0) is 13.6 Å². The average molecular weight is 441 g/mol. The van der Waals surface area contributed by atoms with Gasteiger partial charge in [0.15, 0.2) is 0 Å². The number of benzene rings is 2. The fourth-order valence-electron chi connectivity index (χ4n) is 4.22. The van der Waals surface area contributed by atoms with Crippen LogP contribution in [0.15, 0.2) is 48.8 Å². The van der Waals surface area contributed by atoms with Crippen molar-refractivity contribution in [3.63, 3.8) is 0 Å². The molecule has 3 aromatic rings. The number of nitrogens with zero attached hydrogens (tertiary/aromatic N) is 4. The van der Waals surface area contributed by atoms with Gasteiger partial charge in [-0.05, 0) is 12.1 Å². The highest BCUT2D eigenvalue weighted by Gasteiger charge is 2.27. The Kier molecular flexibility index (Phi) is 6.62. The lowest BCUT2D eigenvalue weighted by atomic mass is 10.0. The minimum absolute atomic E-state index is 0.332. The number of methoxy groups -OCH3 is 2. The number of aromatic nitrogens is 2. The lowest BCUT2D eigenvalue weighted by molar-refractivity contribution is 0.205. The van der Waals surface area contributed by atoms with Crippen LogP contribution in [0.2, 0.25) is 0 Å². The minimum atomic E-state index is -0.998. The third-order valence-corrected chi connectivity index (χ3v) is 5.99. The molecule has 2 heterocycles. The third kappa shape index (κ3) is 4.42. The molecule has 1 N–H and O–H groups in total. The normalized spacial score (nSPS) is 15.6. The standard InChI is InChI=1S/C24H29FN4O3/c1-27-10-9-26-24(27)23(30)19-5-4-6-20(25)22(19)29-13-11-28(12-14-29)16-17-7-8-18(31-2)15-21(17)32-3/h4-10,15,23,30H,11-14,16H2,1-3H3/t23-/m0/s1. The first-order chi connectivity index (χ1) is 15.5. The molecule has 1 fully saturated rings. The highest BCUT2D eigenvalue weighted by atomic mass is 19.1. The van der Waals surface area contributed by atoms with E-state index in [-0.39, 0.29) is 5.82 Å². The van der Waals surface area contributed by atoms with Gasteiger partial charge in [0.25, 0.3) is 0 Å². The van der Waals surface area contributed by atoms with E-state index in [0.29, 0.717) is 30.2 Å². The number of imidazole rings is 1. The molecule has 1 aromatic heterocycles. The molecule has 0 aliphatic carbocycles. The molecule has 7 nitrogen and oxygen atoms in total. The maximum atomic E-state index is 14.9. The number of hydrogen-bond acceptors (Lipinski definition) is 6. The maximum Gasteiger partial charge on any atom is 0.146 e. The van der Waals surface area contributed by atoms with E-state index in [1.807, 2.05) is 30.1 Å². The molecule has 0 unspecified atom stereocenters. The van der Waals surface area contributed by atoms with Gasteiger partial charge in [-0.25, -0.2) is 9.37 Å². The highest BCUT2D eigenvalue weighted by molar-refractivity contribution is 5.57. The number of piperazine rings is 1. The number of aryl methyl sites for hydroxylation is 1. The summed E-state index contributed by atoms with van der Waals surface area (Å²) < 4.78 is 27.5. The Labute approximate surface area is 187 Å². The number of rotatable bonds is 7. The van der Waals surface area contributed by atoms with Crippen molar-refractivity contribution in [2.45, 2.75) is 12.6 Å². The van der Waals surface area contributed by atoms with Crippen molar-refractivity contribution in [1.82, 2.24) is 14.5 Å². The van der Waals surface area contributed by atoms with Gasteiger partial charge >= 0.3 is 0 Å². The minimum Gasteiger partial charge on any atom is -0.497 e. The molecule has 170 valence electrons. The number of aliphatic hydroxyl groups excluding tert-OH is 1. The predicted molar refractivity (Wildman–Crippen MR) is 121 cm³/mol. The van der Waals surface area contributed by atoms with Gasteiger partial charge in [0.05, 0.1) is 19.9 Å². The zero-order chi connectivity index (χ0) is 22.7. The molecule has 1 atom stereocenters. The monoisotopic (exact) mass is 440 g/mol. The van der Waals surface area contributed by atoms with Crippen molar-refractivity contribution < 1.29 is 19.0 Å². The third-order valence-electron chi connectivity index (χ3n) is 5.99. The molecule has 8 heteroatoms. The summed E-state index contributed by atoms with van der Waals surface area (Å²) in [6, 6.07) is 10.7. The predicted octanol–water partition coefficient (Wildman–Crippen LogP) is 2.98. The van der Waals surface area contributed by atoms with Gasteiger partial charge in [-0.1, -0.05) is 18.2 Å². The van der Waals surface area contributed by atoms with Crippen LogP contribution in [0.4, 0.5) is 10.1 Å². The van der Waals surface area contributed by atoms with E-state index in [4.69, 9.17) is 9.47 Å². The van der Waals surface area contributed by atoms with Crippen molar-refractivity contribution >= 4 is 5.69 Å². The number of hydrogen-bond donors (Lipinski definition) is 1. The number of aliphatic hydroxyl groups is 1. The Morgan fingerprint density at radius 1 is 1.09 bits per heavy atom. The molecule has 4 rings (SSSR count). The van der Waals surface area contributed by atoms with Crippen molar-refractivity contribution in [2.24, 2.45) is 7.05 Å². The maximum absolute atomic E-state index is 14.9. The van der Waals surface area contributed by atoms with Crippen LogP contribution in [0.5, 0.6) is 11.5 Å². The van der Waals surface area contributed by atoms with Crippen LogP contribution in [-0.4, -0.2) is 60.0 Å². The van der Waals surface area contributed by atoms with Crippen LogP contribution >= 0.6 is 0 Å². The molecular weight excluding hydrogens is 411 g/mol. The number of ether oxygens (including phenoxy) is 2. The molecule has 2 aromatic carbocycles. The molecule has 0 spiro atoms. The van der Waals surface area contributed by atoms with Crippen LogP contribution in [0.1, 0.15) is 23.1 Å². The number of para-hydroxylation sites is 1. The van der Waals surface area contributed by atoms with Gasteiger partial charge in [-0.15, -0.1) is 0 Å². The molecule has 1 aliphatic heterocycles. The SMILES string of the molecule is COc1ccc(CN2CCN(c3c(F)cccc3[C@H](O)c3nccn3C)CC2)c(OC)c1. The summed E-state index contributed by atoms with van der Waals surface area (Å²) in [6.45, 7) is 3.57. The van der Waals surface area contributed by atoms with E-state index in [2.05, 4.69) is 9.88 Å². The van der Waals surface area contributed by atoms with Gasteiger partial charge in [-0.3, -0.25) is 4.90 Å². The first-order valence-electron chi connectivity index (χ1n) is 10.6. The Morgan fingerprint density at radius 2 is 1.88 bits per heavy atom. The first-order valence-corrected chi connectivity index (χ1v) is 10.6. The molecule has 0 bridgehead atoms. The molecule has 1 saturated heterocycles. The van der Waals surface area contributed by atoms with E-state index in [9.17, 15) is 9.50 Å². The Morgan fingerprint density at radius 3 is 2.53 bits per heavy atom. The van der Waals surface area contributed by atoms with Gasteiger partial charge in [0.1, 0.15) is 29.2 Å². The Balaban J connectivity index is 1.49. The van der Waals surface area contributed by atoms with E-state index in [1.165, 1.54) is 6.07 Å². The molecular formula is C24H29FN4O3. The highest BCUT2D eigenvalue weighted by Crippen LogP contribution is 2.33. The molecule has 32 heavy (non-hydrogen) atoms. The lowest BCUT2D eigenvalue weighted by Gasteiger charge is -2.37. The second kappa shape index (κ2) is 9.58. The Bertz CT molecular complexity index is 1060. The molecule has 1 aliphatic rings. The van der Waals surface area contributed by atoms with Gasteiger partial charge in [-0.2, -0.15) is 0 Å². The lowest BCUT2D eigenvalue weighted by Crippen LogP contribution is -2.46. The average Bonchev–Trinajstić information content (AvgIpc) is 3.25. The fourth-order valence-corrected chi connectivity index (χ4v) is 4.22. The van der Waals surface area contributed by atoms with Gasteiger partial charge < -0.3 is 24.0 Å². The van der Waals surface area contributed by atoms with Crippen LogP contribution in [0.3, 0.4) is 0 Å². The summed E-state index contributed by atoms with van der Waals surface area (Å²) in [7, 11) is 5.11. The van der Waals surface area contributed by atoms with Crippen molar-refractivity contribution in [2.75, 3.05) is 45.3 Å². The number of anilines is 1. The quantitative estimate of drug-likeness (QED) is 0.610. The second-order valence-corrected chi connectivity index (χ2v) is 7.92. The zero-order valence-electron chi connectivity index (χ0n) is 18.7. The smallest absolute Gasteiger partial charge is 0.146 e. The number of halogens is 1. The molecule has 0 amide bonds. The summed E-state index contributed by atoms with van der Waals surface area (Å²) in [6.07, 6.45) is 2.40. The second-order valence-electron chi connectivity index (χ2n) is 7.92. The van der Waals surface area contributed by atoms with E-state index in [0.717, 1.165) is 36.7 Å². The molecule has 0 radical (unpaired) electrons. The van der Waals surface area contributed by atoms with E-state index < -0.39 is 6.10 Å². The van der Waals surface area contributed by atoms with Crippen molar-refractivity contribution in [3.8, 4) is 11.5 Å². The zero-order valence-corrected chi connectivity index (χ0v) is 18.7. The first kappa shape index (κ1) is 22.1. The fraction of sp³-hybridized carbons (Fsp3) is 0.375. The van der Waals surface area contributed by atoms with E-state index >= 15 is 0 Å². The summed E-state index contributed by atoms with van der Waals surface area (Å²) >= 11 is 0. The summed E-state index contributed by atoms with van der Waals surface area (Å²) in [5.41, 5.74) is 2.06. The summed E-state index contributed by atoms with van der Waals surface area (Å²) in [5.74, 6) is 1.71. The van der Waals surface area contributed by atoms with Crippen LogP contribution in [0.25, 0.3) is 0 Å².